The van der Waals surface area contributed by atoms with Crippen LogP contribution >= 0.6 is 11.3 Å². The molecule has 3 amide bonds. The molecule has 1 fully saturated rings. The number of aryl methyl sites for hydroxylation is 2. The van der Waals surface area contributed by atoms with Gasteiger partial charge in [-0.3, -0.25) is 19.7 Å². The van der Waals surface area contributed by atoms with Crippen LogP contribution in [-0.4, -0.2) is 35.2 Å². The monoisotopic (exact) mass is 308 g/mol. The summed E-state index contributed by atoms with van der Waals surface area (Å²) in [5.74, 6) is -0.713. The SMILES string of the molecule is CCN(C(=O)CCCc1ccc(C)s1)[C@@H]1CC(=O)NC1=O. The van der Waals surface area contributed by atoms with Crippen molar-refractivity contribution in [2.75, 3.05) is 6.54 Å². The van der Waals surface area contributed by atoms with Crippen LogP contribution in [0.25, 0.3) is 0 Å². The Morgan fingerprint density at radius 1 is 1.43 bits per heavy atom. The number of carbonyl (C=O) groups is 3. The highest BCUT2D eigenvalue weighted by Crippen LogP contribution is 2.18. The van der Waals surface area contributed by atoms with Gasteiger partial charge in [-0.25, -0.2) is 0 Å². The largest absolute Gasteiger partial charge is 0.330 e. The Kier molecular flexibility index (Phi) is 5.12. The molecule has 1 aromatic rings. The van der Waals surface area contributed by atoms with Crippen LogP contribution in [0, 0.1) is 6.92 Å². The molecule has 21 heavy (non-hydrogen) atoms. The number of nitrogens with zero attached hydrogens (tertiary/aromatic N) is 1. The summed E-state index contributed by atoms with van der Waals surface area (Å²) in [5.41, 5.74) is 0. The summed E-state index contributed by atoms with van der Waals surface area (Å²) in [6.45, 7) is 4.34. The zero-order chi connectivity index (χ0) is 15.4. The van der Waals surface area contributed by atoms with Gasteiger partial charge in [-0.15, -0.1) is 11.3 Å². The van der Waals surface area contributed by atoms with Crippen molar-refractivity contribution in [3.05, 3.63) is 21.9 Å². The summed E-state index contributed by atoms with van der Waals surface area (Å²) in [6, 6.07) is 3.54. The molecule has 1 aromatic heterocycles. The van der Waals surface area contributed by atoms with Crippen molar-refractivity contribution in [1.29, 1.82) is 0 Å². The zero-order valence-electron chi connectivity index (χ0n) is 12.3. The first-order valence-electron chi connectivity index (χ1n) is 7.19. The van der Waals surface area contributed by atoms with E-state index in [4.69, 9.17) is 0 Å². The highest BCUT2D eigenvalue weighted by Gasteiger charge is 2.36. The number of likely N-dealkylation sites (N-methyl/N-ethyl adjacent to an activating group) is 1. The van der Waals surface area contributed by atoms with Gasteiger partial charge in [0, 0.05) is 22.7 Å². The number of amides is 3. The van der Waals surface area contributed by atoms with E-state index in [2.05, 4.69) is 24.4 Å². The molecular formula is C15H20N2O3S. The van der Waals surface area contributed by atoms with Gasteiger partial charge < -0.3 is 4.90 Å². The average Bonchev–Trinajstić information content (AvgIpc) is 2.97. The normalized spacial score (nSPS) is 17.9. The standard InChI is InChI=1S/C15H20N2O3S/c1-3-17(12-9-13(18)16-15(12)20)14(19)6-4-5-11-8-7-10(2)21-11/h7-8,12H,3-6,9H2,1-2H3,(H,16,18,20)/t12-/m1/s1. The van der Waals surface area contributed by atoms with Crippen molar-refractivity contribution < 1.29 is 14.4 Å². The summed E-state index contributed by atoms with van der Waals surface area (Å²) >= 11 is 1.75. The molecule has 1 aliphatic rings. The molecular weight excluding hydrogens is 288 g/mol. The molecule has 0 spiro atoms. The Labute approximate surface area is 128 Å². The minimum atomic E-state index is -0.626. The highest BCUT2D eigenvalue weighted by molar-refractivity contribution is 7.11. The summed E-state index contributed by atoms with van der Waals surface area (Å²) in [5, 5.41) is 2.25. The summed E-state index contributed by atoms with van der Waals surface area (Å²) in [4.78, 5) is 39.2. The Balaban J connectivity index is 1.85. The maximum Gasteiger partial charge on any atom is 0.249 e. The number of nitrogens with one attached hydrogen (secondary N) is 1. The Morgan fingerprint density at radius 2 is 2.19 bits per heavy atom. The lowest BCUT2D eigenvalue weighted by molar-refractivity contribution is -0.138. The predicted octanol–water partition coefficient (Wildman–Crippen LogP) is 1.64. The van der Waals surface area contributed by atoms with E-state index in [1.165, 1.54) is 14.7 Å². The van der Waals surface area contributed by atoms with Crippen LogP contribution in [0.15, 0.2) is 12.1 Å². The number of rotatable bonds is 6. The maximum atomic E-state index is 12.2. The molecule has 1 N–H and O–H groups in total. The molecule has 0 bridgehead atoms. The van der Waals surface area contributed by atoms with Gasteiger partial charge in [0.1, 0.15) is 6.04 Å². The molecule has 0 radical (unpaired) electrons. The van der Waals surface area contributed by atoms with E-state index in [0.717, 1.165) is 12.8 Å². The molecule has 0 aliphatic carbocycles. The third-order valence-electron chi connectivity index (χ3n) is 3.59. The van der Waals surface area contributed by atoms with Crippen LogP contribution in [0.2, 0.25) is 0 Å². The summed E-state index contributed by atoms with van der Waals surface area (Å²) in [7, 11) is 0. The summed E-state index contributed by atoms with van der Waals surface area (Å²) in [6.07, 6.45) is 2.13. The number of hydrogen-bond acceptors (Lipinski definition) is 4. The maximum absolute atomic E-state index is 12.2. The lowest BCUT2D eigenvalue weighted by Gasteiger charge is -2.25. The molecule has 1 aliphatic heterocycles. The van der Waals surface area contributed by atoms with Crippen molar-refractivity contribution in [3.63, 3.8) is 0 Å². The van der Waals surface area contributed by atoms with Gasteiger partial charge in [0.05, 0.1) is 6.42 Å². The zero-order valence-corrected chi connectivity index (χ0v) is 13.2. The minimum Gasteiger partial charge on any atom is -0.330 e. The topological polar surface area (TPSA) is 66.5 Å². The van der Waals surface area contributed by atoms with E-state index in [-0.39, 0.29) is 24.1 Å². The van der Waals surface area contributed by atoms with E-state index >= 15 is 0 Å². The molecule has 0 aromatic carbocycles. The molecule has 2 heterocycles. The fraction of sp³-hybridized carbons (Fsp3) is 0.533. The van der Waals surface area contributed by atoms with Gasteiger partial charge in [0.2, 0.25) is 17.7 Å². The highest BCUT2D eigenvalue weighted by atomic mass is 32.1. The average molecular weight is 308 g/mol. The van der Waals surface area contributed by atoms with E-state index < -0.39 is 6.04 Å². The Morgan fingerprint density at radius 3 is 2.71 bits per heavy atom. The third kappa shape index (κ3) is 3.91. The van der Waals surface area contributed by atoms with Gasteiger partial charge in [0.15, 0.2) is 0 Å². The van der Waals surface area contributed by atoms with E-state index in [9.17, 15) is 14.4 Å². The van der Waals surface area contributed by atoms with Gasteiger partial charge >= 0.3 is 0 Å². The van der Waals surface area contributed by atoms with E-state index in [0.29, 0.717) is 13.0 Å². The number of carbonyl (C=O) groups excluding carboxylic acids is 3. The van der Waals surface area contributed by atoms with E-state index in [1.807, 2.05) is 6.92 Å². The molecule has 2 rings (SSSR count). The second kappa shape index (κ2) is 6.85. The molecule has 114 valence electrons. The smallest absolute Gasteiger partial charge is 0.249 e. The molecule has 1 atom stereocenters. The van der Waals surface area contributed by atoms with Gasteiger partial charge in [0.25, 0.3) is 0 Å². The second-order valence-corrected chi connectivity index (χ2v) is 6.55. The minimum absolute atomic E-state index is 0.0550. The van der Waals surface area contributed by atoms with E-state index in [1.54, 1.807) is 11.3 Å². The van der Waals surface area contributed by atoms with Crippen LogP contribution < -0.4 is 5.32 Å². The van der Waals surface area contributed by atoms with Gasteiger partial charge in [-0.1, -0.05) is 0 Å². The van der Waals surface area contributed by atoms with Crippen LogP contribution in [0.1, 0.15) is 35.9 Å². The van der Waals surface area contributed by atoms with Crippen LogP contribution in [0.3, 0.4) is 0 Å². The number of imide groups is 1. The quantitative estimate of drug-likeness (QED) is 0.813. The first-order chi connectivity index (χ1) is 10.0. The van der Waals surface area contributed by atoms with Crippen molar-refractivity contribution in [1.82, 2.24) is 10.2 Å². The lowest BCUT2D eigenvalue weighted by Crippen LogP contribution is -2.44. The van der Waals surface area contributed by atoms with Crippen molar-refractivity contribution in [3.8, 4) is 0 Å². The third-order valence-corrected chi connectivity index (χ3v) is 4.65. The Hall–Kier alpha value is -1.69. The predicted molar refractivity (Wildman–Crippen MR) is 80.9 cm³/mol. The van der Waals surface area contributed by atoms with Crippen molar-refractivity contribution in [2.45, 2.75) is 45.6 Å². The van der Waals surface area contributed by atoms with Gasteiger partial charge in [-0.05, 0) is 38.8 Å². The molecule has 0 unspecified atom stereocenters. The molecule has 1 saturated heterocycles. The molecule has 5 nitrogen and oxygen atoms in total. The lowest BCUT2D eigenvalue weighted by atomic mass is 10.1. The van der Waals surface area contributed by atoms with Gasteiger partial charge in [-0.2, -0.15) is 0 Å². The fourth-order valence-electron chi connectivity index (χ4n) is 2.54. The first kappa shape index (κ1) is 15.7. The van der Waals surface area contributed by atoms with Crippen LogP contribution in [0.4, 0.5) is 0 Å². The van der Waals surface area contributed by atoms with Crippen molar-refractivity contribution in [2.24, 2.45) is 0 Å². The molecule has 6 heteroatoms. The fourth-order valence-corrected chi connectivity index (χ4v) is 3.47. The number of hydrogen-bond donors (Lipinski definition) is 1. The number of thiophene rings is 1. The molecule has 0 saturated carbocycles. The summed E-state index contributed by atoms with van der Waals surface area (Å²) < 4.78 is 0. The second-order valence-electron chi connectivity index (χ2n) is 5.18. The van der Waals surface area contributed by atoms with Crippen LogP contribution in [0.5, 0.6) is 0 Å². The van der Waals surface area contributed by atoms with Crippen LogP contribution in [-0.2, 0) is 20.8 Å². The Bertz CT molecular complexity index is 553. The first-order valence-corrected chi connectivity index (χ1v) is 8.01. The van der Waals surface area contributed by atoms with Crippen molar-refractivity contribution >= 4 is 29.1 Å².